The number of carbonyl (C=O) groups excluding carboxylic acids is 1. The minimum Gasteiger partial charge on any atom is -0.542 e. The summed E-state index contributed by atoms with van der Waals surface area (Å²) in [6.07, 6.45) is 1.09. The third-order valence-electron chi connectivity index (χ3n) is 7.72. The van der Waals surface area contributed by atoms with E-state index < -0.39 is 20.0 Å². The second-order valence-corrected chi connectivity index (χ2v) is 19.0. The lowest BCUT2D eigenvalue weighted by molar-refractivity contribution is 0.0236. The van der Waals surface area contributed by atoms with Crippen molar-refractivity contribution >= 4 is 54.1 Å². The Bertz CT molecular complexity index is 1590. The van der Waals surface area contributed by atoms with E-state index in [0.717, 1.165) is 22.2 Å². The zero-order chi connectivity index (χ0) is 34.2. The number of hydrogen-bond donors (Lipinski definition) is 1. The van der Waals surface area contributed by atoms with E-state index in [1.807, 2.05) is 57.2 Å². The van der Waals surface area contributed by atoms with Crippen LogP contribution >= 0.6 is 11.6 Å². The van der Waals surface area contributed by atoms with Crippen molar-refractivity contribution in [1.29, 1.82) is 0 Å². The van der Waals surface area contributed by atoms with E-state index in [1.54, 1.807) is 14.0 Å². The zero-order valence-electron chi connectivity index (χ0n) is 29.0. The van der Waals surface area contributed by atoms with Gasteiger partial charge >= 0.3 is 6.09 Å². The van der Waals surface area contributed by atoms with Gasteiger partial charge in [-0.2, -0.15) is 0 Å². The molecule has 0 atom stereocenters. The lowest BCUT2D eigenvalue weighted by Gasteiger charge is -2.42. The Labute approximate surface area is 280 Å². The molecule has 1 heterocycles. The molecule has 0 radical (unpaired) electrons. The van der Waals surface area contributed by atoms with Gasteiger partial charge < -0.3 is 24.2 Å². The second-order valence-electron chi connectivity index (χ2n) is 13.2. The van der Waals surface area contributed by atoms with Gasteiger partial charge in [0.1, 0.15) is 30.1 Å². The van der Waals surface area contributed by atoms with Crippen LogP contribution in [0.5, 0.6) is 5.75 Å². The first-order valence-electron chi connectivity index (χ1n) is 15.7. The van der Waals surface area contributed by atoms with E-state index in [0.29, 0.717) is 45.5 Å². The second kappa shape index (κ2) is 15.7. The molecular weight excluding hydrogens is 618 g/mol. The van der Waals surface area contributed by atoms with Gasteiger partial charge in [0.25, 0.3) is 8.32 Å². The molecule has 0 bridgehead atoms. The summed E-state index contributed by atoms with van der Waals surface area (Å²) < 4.78 is 12.2. The molecule has 0 aliphatic heterocycles. The molecule has 0 saturated heterocycles. The fourth-order valence-corrected chi connectivity index (χ4v) is 11.2. The van der Waals surface area contributed by atoms with Gasteiger partial charge in [0.15, 0.2) is 5.71 Å². The van der Waals surface area contributed by atoms with E-state index in [-0.39, 0.29) is 6.61 Å². The summed E-state index contributed by atoms with van der Waals surface area (Å²) in [5.74, 6) is 7.22. The number of nitrogens with one attached hydrogen (secondary N) is 1. The number of halogens is 1. The molecule has 0 spiro atoms. The van der Waals surface area contributed by atoms with Gasteiger partial charge in [0, 0.05) is 23.7 Å². The van der Waals surface area contributed by atoms with E-state index in [9.17, 15) is 4.79 Å². The summed E-state index contributed by atoms with van der Waals surface area (Å²) in [5.41, 5.74) is 3.41. The average Bonchev–Trinajstić information content (AvgIpc) is 2.96. The first-order valence-corrected chi connectivity index (χ1v) is 18.2. The quantitative estimate of drug-likeness (QED) is 0.0677. The Kier molecular flexibility index (Phi) is 12.5. The number of fused-ring (bicyclic) bond motifs is 1. The predicted octanol–water partition coefficient (Wildman–Crippen LogP) is 9.19. The van der Waals surface area contributed by atoms with Crippen molar-refractivity contribution in [3.05, 3.63) is 53.3 Å². The van der Waals surface area contributed by atoms with Crippen molar-refractivity contribution in [2.45, 2.75) is 91.5 Å². The number of oxime groups is 1. The average molecular weight is 666 g/mol. The largest absolute Gasteiger partial charge is 0.542 e. The molecule has 2 aromatic carbocycles. The van der Waals surface area contributed by atoms with Gasteiger partial charge in [0.2, 0.25) is 0 Å². The number of likely N-dealkylation sites (N-methyl/N-ethyl adjacent to an activating group) is 1. The minimum atomic E-state index is -2.16. The minimum absolute atomic E-state index is 0.170. The number of aromatic nitrogens is 2. The van der Waals surface area contributed by atoms with Crippen molar-refractivity contribution in [3.8, 4) is 17.6 Å². The molecule has 248 valence electrons. The van der Waals surface area contributed by atoms with Crippen LogP contribution in [0, 0.1) is 11.8 Å². The molecule has 0 aliphatic carbocycles. The fourth-order valence-electron chi connectivity index (χ4n) is 5.63. The van der Waals surface area contributed by atoms with Crippen LogP contribution in [0.2, 0.25) is 21.6 Å². The number of nitrogens with zero attached hydrogens (tertiary/aromatic N) is 4. The van der Waals surface area contributed by atoms with Crippen LogP contribution in [-0.4, -0.2) is 60.8 Å². The predicted molar refractivity (Wildman–Crippen MR) is 191 cm³/mol. The molecule has 46 heavy (non-hydrogen) atoms. The lowest BCUT2D eigenvalue weighted by atomic mass is 10.1. The summed E-state index contributed by atoms with van der Waals surface area (Å²) in [4.78, 5) is 28.2. The molecule has 9 nitrogen and oxygen atoms in total. The Hall–Kier alpha value is -3.81. The van der Waals surface area contributed by atoms with Crippen LogP contribution in [0.15, 0.2) is 47.9 Å². The number of benzene rings is 2. The van der Waals surface area contributed by atoms with E-state index in [1.165, 1.54) is 11.2 Å². The van der Waals surface area contributed by atoms with Gasteiger partial charge in [-0.3, -0.25) is 0 Å². The van der Waals surface area contributed by atoms with Gasteiger partial charge in [0.05, 0.1) is 17.1 Å². The first-order chi connectivity index (χ1) is 21.6. The molecule has 0 fully saturated rings. The highest BCUT2D eigenvalue weighted by Gasteiger charge is 2.47. The van der Waals surface area contributed by atoms with Crippen LogP contribution in [0.1, 0.15) is 74.8 Å². The summed E-state index contributed by atoms with van der Waals surface area (Å²) in [6, 6.07) is 11.5. The lowest BCUT2D eigenvalue weighted by Crippen LogP contribution is -2.50. The highest BCUT2D eigenvalue weighted by molar-refractivity contribution is 6.78. The van der Waals surface area contributed by atoms with Gasteiger partial charge in [-0.1, -0.05) is 64.2 Å². The van der Waals surface area contributed by atoms with Crippen LogP contribution < -0.4 is 9.74 Å². The number of hydrogen-bond acceptors (Lipinski definition) is 8. The third kappa shape index (κ3) is 9.14. The zero-order valence-corrected chi connectivity index (χ0v) is 30.7. The number of anilines is 2. The summed E-state index contributed by atoms with van der Waals surface area (Å²) in [5, 5.41) is 8.99. The Morgan fingerprint density at radius 3 is 2.30 bits per heavy atom. The van der Waals surface area contributed by atoms with Gasteiger partial charge in [-0.25, -0.2) is 14.8 Å². The van der Waals surface area contributed by atoms with Crippen LogP contribution in [-0.2, 0) is 9.57 Å². The van der Waals surface area contributed by atoms with Gasteiger partial charge in [-0.05, 0) is 86.6 Å². The maximum atomic E-state index is 12.2. The highest BCUT2D eigenvalue weighted by atomic mass is 35.5. The fraction of sp³-hybridized carbons (Fsp3) is 0.486. The van der Waals surface area contributed by atoms with Crippen LogP contribution in [0.3, 0.4) is 0 Å². The first kappa shape index (κ1) is 36.7. The molecule has 0 saturated carbocycles. The van der Waals surface area contributed by atoms with E-state index in [4.69, 9.17) is 25.6 Å². The van der Waals surface area contributed by atoms with Crippen molar-refractivity contribution in [3.63, 3.8) is 0 Å². The molecule has 1 N–H and O–H groups in total. The number of amides is 1. The van der Waals surface area contributed by atoms with E-state index >= 15 is 0 Å². The summed E-state index contributed by atoms with van der Waals surface area (Å²) in [7, 11) is -0.514. The molecule has 1 aromatic heterocycles. The van der Waals surface area contributed by atoms with Gasteiger partial charge in [-0.15, -0.1) is 0 Å². The number of rotatable bonds is 12. The van der Waals surface area contributed by atoms with Crippen LogP contribution in [0.4, 0.5) is 16.3 Å². The normalized spacial score (nSPS) is 12.3. The van der Waals surface area contributed by atoms with E-state index in [2.05, 4.69) is 73.8 Å². The molecule has 11 heteroatoms. The third-order valence-corrected chi connectivity index (χ3v) is 14.0. The monoisotopic (exact) mass is 665 g/mol. The maximum Gasteiger partial charge on any atom is 0.410 e. The number of carbonyl (C=O) groups is 1. The summed E-state index contributed by atoms with van der Waals surface area (Å²) >= 11 is 6.81. The van der Waals surface area contributed by atoms with Crippen molar-refractivity contribution in [2.75, 3.05) is 25.5 Å². The Morgan fingerprint density at radius 2 is 1.72 bits per heavy atom. The molecule has 0 unspecified atom stereocenters. The SMILES string of the molecule is CC#CC(=NOCCN(C)C(=O)OC(C)(C)C)c1ccc2ncnc(Nc3ccc(O[Si](C(C)C)(C(C)C)C(C)C)c(Cl)c3)c2c1. The van der Waals surface area contributed by atoms with Crippen molar-refractivity contribution < 1.29 is 18.8 Å². The standard InChI is InChI=1S/C35H48ClN5O4Si/c1-12-13-30(40-43-19-18-41(11)34(42)44-35(8,9)10)26-14-16-31-28(20-26)33(38-22-37-31)39-27-15-17-32(29(36)21-27)45-46(23(2)3,24(4)5)25(6)7/h14-17,20-25H,18-19H2,1-11H3,(H,37,38,39). The van der Waals surface area contributed by atoms with Crippen molar-refractivity contribution in [1.82, 2.24) is 14.9 Å². The summed E-state index contributed by atoms with van der Waals surface area (Å²) in [6.45, 7) is 21.2. The molecular formula is C35H48ClN5O4Si. The smallest absolute Gasteiger partial charge is 0.410 e. The molecule has 0 aliphatic rings. The molecule has 3 rings (SSSR count). The topological polar surface area (TPSA) is 98.2 Å². The van der Waals surface area contributed by atoms with Crippen LogP contribution in [0.25, 0.3) is 10.9 Å². The molecule has 3 aromatic rings. The Balaban J connectivity index is 1.83. The maximum absolute atomic E-state index is 12.2. The Morgan fingerprint density at radius 1 is 1.04 bits per heavy atom. The number of ether oxygens (including phenoxy) is 1. The van der Waals surface area contributed by atoms with Crippen molar-refractivity contribution in [2.24, 2.45) is 5.16 Å². The highest BCUT2D eigenvalue weighted by Crippen LogP contribution is 2.44. The molecule has 1 amide bonds.